The van der Waals surface area contributed by atoms with Crippen molar-refractivity contribution in [2.24, 2.45) is 0 Å². The van der Waals surface area contributed by atoms with Crippen LogP contribution in [0, 0.1) is 0 Å². The number of aromatic nitrogens is 2. The number of nitrogens with one attached hydrogen (secondary N) is 1. The molecule has 0 aliphatic carbocycles. The van der Waals surface area contributed by atoms with Crippen LogP contribution in [-0.4, -0.2) is 22.9 Å². The molecule has 3 nitrogen and oxygen atoms in total. The van der Waals surface area contributed by atoms with Crippen molar-refractivity contribution in [3.8, 4) is 11.1 Å². The molecule has 1 aromatic heterocycles. The third kappa shape index (κ3) is 1.72. The van der Waals surface area contributed by atoms with Gasteiger partial charge in [0.05, 0.1) is 12.2 Å². The Morgan fingerprint density at radius 1 is 1.31 bits per heavy atom. The standard InChI is InChI=1S/C12H12ClN3/c13-11-3-1-2-9(4-11)10-5-15-16(8-10)12-6-14-7-12/h1-5,8,12,14H,6-7H2. The molecular weight excluding hydrogens is 222 g/mol. The SMILES string of the molecule is Clc1cccc(-c2cnn(C3CNC3)c2)c1. The van der Waals surface area contributed by atoms with Gasteiger partial charge in [0.15, 0.2) is 0 Å². The van der Waals surface area contributed by atoms with Crippen LogP contribution in [0.4, 0.5) is 0 Å². The third-order valence-corrected chi connectivity index (χ3v) is 3.13. The van der Waals surface area contributed by atoms with E-state index in [0.717, 1.165) is 29.2 Å². The van der Waals surface area contributed by atoms with E-state index in [0.29, 0.717) is 6.04 Å². The molecule has 0 bridgehead atoms. The van der Waals surface area contributed by atoms with E-state index in [2.05, 4.69) is 16.6 Å². The summed E-state index contributed by atoms with van der Waals surface area (Å²) in [5.74, 6) is 0. The van der Waals surface area contributed by atoms with Crippen molar-refractivity contribution >= 4 is 11.6 Å². The Morgan fingerprint density at radius 3 is 2.88 bits per heavy atom. The Labute approximate surface area is 99.0 Å². The number of halogens is 1. The molecule has 1 aliphatic rings. The minimum Gasteiger partial charge on any atom is -0.312 e. The molecule has 1 N–H and O–H groups in total. The van der Waals surface area contributed by atoms with Crippen molar-refractivity contribution in [2.75, 3.05) is 13.1 Å². The summed E-state index contributed by atoms with van der Waals surface area (Å²) < 4.78 is 2.02. The second-order valence-corrected chi connectivity index (χ2v) is 4.47. The van der Waals surface area contributed by atoms with Gasteiger partial charge in [0.1, 0.15) is 0 Å². The van der Waals surface area contributed by atoms with Gasteiger partial charge in [0.25, 0.3) is 0 Å². The van der Waals surface area contributed by atoms with Gasteiger partial charge in [-0.2, -0.15) is 5.10 Å². The average molecular weight is 234 g/mol. The van der Waals surface area contributed by atoms with Crippen molar-refractivity contribution in [1.29, 1.82) is 0 Å². The van der Waals surface area contributed by atoms with Crippen LogP contribution in [0.2, 0.25) is 5.02 Å². The van der Waals surface area contributed by atoms with E-state index in [4.69, 9.17) is 11.6 Å². The lowest BCUT2D eigenvalue weighted by molar-refractivity contribution is 0.318. The van der Waals surface area contributed by atoms with E-state index in [1.54, 1.807) is 0 Å². The molecule has 1 aromatic carbocycles. The topological polar surface area (TPSA) is 29.9 Å². The summed E-state index contributed by atoms with van der Waals surface area (Å²) in [4.78, 5) is 0. The fourth-order valence-electron chi connectivity index (χ4n) is 1.82. The van der Waals surface area contributed by atoms with Crippen LogP contribution in [0.25, 0.3) is 11.1 Å². The molecule has 0 radical (unpaired) electrons. The van der Waals surface area contributed by atoms with Gasteiger partial charge < -0.3 is 5.32 Å². The van der Waals surface area contributed by atoms with Crippen molar-refractivity contribution in [3.05, 3.63) is 41.7 Å². The first kappa shape index (κ1) is 9.87. The Balaban J connectivity index is 1.91. The molecule has 4 heteroatoms. The lowest BCUT2D eigenvalue weighted by Gasteiger charge is -2.27. The zero-order valence-corrected chi connectivity index (χ0v) is 9.48. The predicted molar refractivity (Wildman–Crippen MR) is 64.6 cm³/mol. The van der Waals surface area contributed by atoms with E-state index < -0.39 is 0 Å². The fraction of sp³-hybridized carbons (Fsp3) is 0.250. The van der Waals surface area contributed by atoms with Crippen molar-refractivity contribution < 1.29 is 0 Å². The summed E-state index contributed by atoms with van der Waals surface area (Å²) in [5, 5.41) is 8.37. The molecule has 1 fully saturated rings. The summed E-state index contributed by atoms with van der Waals surface area (Å²) in [7, 11) is 0. The lowest BCUT2D eigenvalue weighted by Crippen LogP contribution is -2.43. The van der Waals surface area contributed by atoms with Gasteiger partial charge in [-0.3, -0.25) is 4.68 Å². The molecule has 2 aromatic rings. The lowest BCUT2D eigenvalue weighted by atomic mass is 10.1. The average Bonchev–Trinajstić information content (AvgIpc) is 2.64. The Kier molecular flexibility index (Phi) is 2.42. The highest BCUT2D eigenvalue weighted by Crippen LogP contribution is 2.23. The molecule has 2 heterocycles. The monoisotopic (exact) mass is 233 g/mol. The van der Waals surface area contributed by atoms with Gasteiger partial charge in [-0.25, -0.2) is 0 Å². The van der Waals surface area contributed by atoms with Crippen molar-refractivity contribution in [2.45, 2.75) is 6.04 Å². The zero-order valence-electron chi connectivity index (χ0n) is 8.73. The molecule has 3 rings (SSSR count). The van der Waals surface area contributed by atoms with E-state index >= 15 is 0 Å². The first-order valence-electron chi connectivity index (χ1n) is 5.34. The fourth-order valence-corrected chi connectivity index (χ4v) is 2.01. The second kappa shape index (κ2) is 3.92. The van der Waals surface area contributed by atoms with Gasteiger partial charge in [-0.15, -0.1) is 0 Å². The molecule has 0 atom stereocenters. The molecule has 82 valence electrons. The first-order chi connectivity index (χ1) is 7.83. The molecule has 1 saturated heterocycles. The van der Waals surface area contributed by atoms with Crippen LogP contribution in [0.5, 0.6) is 0 Å². The molecule has 0 unspecified atom stereocenters. The first-order valence-corrected chi connectivity index (χ1v) is 5.71. The summed E-state index contributed by atoms with van der Waals surface area (Å²) in [6.07, 6.45) is 3.97. The number of benzene rings is 1. The summed E-state index contributed by atoms with van der Waals surface area (Å²) in [6, 6.07) is 8.35. The van der Waals surface area contributed by atoms with Gasteiger partial charge >= 0.3 is 0 Å². The third-order valence-electron chi connectivity index (χ3n) is 2.89. The Morgan fingerprint density at radius 2 is 2.19 bits per heavy atom. The van der Waals surface area contributed by atoms with E-state index in [-0.39, 0.29) is 0 Å². The van der Waals surface area contributed by atoms with Crippen LogP contribution in [0.15, 0.2) is 36.7 Å². The van der Waals surface area contributed by atoms with Crippen LogP contribution in [-0.2, 0) is 0 Å². The number of rotatable bonds is 2. The van der Waals surface area contributed by atoms with Crippen LogP contribution in [0.3, 0.4) is 0 Å². The second-order valence-electron chi connectivity index (χ2n) is 4.03. The number of nitrogens with zero attached hydrogens (tertiary/aromatic N) is 2. The van der Waals surface area contributed by atoms with Crippen molar-refractivity contribution in [1.82, 2.24) is 15.1 Å². The molecule has 0 saturated carbocycles. The molecular formula is C12H12ClN3. The summed E-state index contributed by atoms with van der Waals surface area (Å²) in [6.45, 7) is 2.02. The zero-order chi connectivity index (χ0) is 11.0. The van der Waals surface area contributed by atoms with Crippen LogP contribution in [0.1, 0.15) is 6.04 Å². The van der Waals surface area contributed by atoms with Gasteiger partial charge in [-0.05, 0) is 17.7 Å². The molecule has 1 aliphatic heterocycles. The van der Waals surface area contributed by atoms with Crippen molar-refractivity contribution in [3.63, 3.8) is 0 Å². The minimum absolute atomic E-state index is 0.507. The Bertz CT molecular complexity index is 502. The summed E-state index contributed by atoms with van der Waals surface area (Å²) >= 11 is 5.97. The highest BCUT2D eigenvalue weighted by molar-refractivity contribution is 6.30. The highest BCUT2D eigenvalue weighted by atomic mass is 35.5. The maximum atomic E-state index is 5.97. The summed E-state index contributed by atoms with van der Waals surface area (Å²) in [5.41, 5.74) is 2.24. The van der Waals surface area contributed by atoms with E-state index in [1.807, 2.05) is 35.1 Å². The van der Waals surface area contributed by atoms with E-state index in [9.17, 15) is 0 Å². The van der Waals surface area contributed by atoms with Gasteiger partial charge in [0.2, 0.25) is 0 Å². The number of hydrogen-bond donors (Lipinski definition) is 1. The van der Waals surface area contributed by atoms with Gasteiger partial charge in [-0.1, -0.05) is 23.7 Å². The molecule has 0 spiro atoms. The Hall–Kier alpha value is -1.32. The van der Waals surface area contributed by atoms with Crippen LogP contribution < -0.4 is 5.32 Å². The maximum Gasteiger partial charge on any atom is 0.0767 e. The minimum atomic E-state index is 0.507. The van der Waals surface area contributed by atoms with Crippen LogP contribution >= 0.6 is 11.6 Å². The smallest absolute Gasteiger partial charge is 0.0767 e. The highest BCUT2D eigenvalue weighted by Gasteiger charge is 2.19. The van der Waals surface area contributed by atoms with E-state index in [1.165, 1.54) is 0 Å². The normalized spacial score (nSPS) is 16.1. The predicted octanol–water partition coefficient (Wildman–Crippen LogP) is 2.35. The van der Waals surface area contributed by atoms with Gasteiger partial charge in [0, 0.05) is 29.9 Å². The quantitative estimate of drug-likeness (QED) is 0.863. The molecule has 0 amide bonds. The number of hydrogen-bond acceptors (Lipinski definition) is 2. The molecule has 16 heavy (non-hydrogen) atoms. The largest absolute Gasteiger partial charge is 0.312 e. The maximum absolute atomic E-state index is 5.97.